The molecular formula is C12H15NOS. The second-order valence-corrected chi connectivity index (χ2v) is 3.77. The SMILES string of the molecule is CC.Cc1ccc(O)c(-c2cncs2)c1. The Morgan fingerprint density at radius 1 is 1.27 bits per heavy atom. The predicted molar refractivity (Wildman–Crippen MR) is 65.3 cm³/mol. The largest absolute Gasteiger partial charge is 0.507 e. The van der Waals surface area contributed by atoms with Crippen molar-refractivity contribution in [2.45, 2.75) is 20.8 Å². The molecule has 1 aromatic heterocycles. The van der Waals surface area contributed by atoms with Crippen LogP contribution in [-0.4, -0.2) is 10.1 Å². The van der Waals surface area contributed by atoms with Gasteiger partial charge in [0.05, 0.1) is 10.4 Å². The summed E-state index contributed by atoms with van der Waals surface area (Å²) in [5, 5.41) is 9.59. The number of aromatic hydroxyl groups is 1. The average Bonchev–Trinajstić information content (AvgIpc) is 2.78. The van der Waals surface area contributed by atoms with Gasteiger partial charge in [0.15, 0.2) is 0 Å². The Balaban J connectivity index is 0.000000531. The van der Waals surface area contributed by atoms with Crippen molar-refractivity contribution in [1.82, 2.24) is 4.98 Å². The number of aromatic nitrogens is 1. The van der Waals surface area contributed by atoms with Gasteiger partial charge in [0.1, 0.15) is 5.75 Å². The van der Waals surface area contributed by atoms with E-state index in [1.54, 1.807) is 17.8 Å². The van der Waals surface area contributed by atoms with Gasteiger partial charge < -0.3 is 5.11 Å². The predicted octanol–water partition coefficient (Wildman–Crippen LogP) is 3.85. The van der Waals surface area contributed by atoms with E-state index in [0.717, 1.165) is 16.0 Å². The van der Waals surface area contributed by atoms with E-state index in [1.807, 2.05) is 32.9 Å². The van der Waals surface area contributed by atoms with E-state index >= 15 is 0 Å². The van der Waals surface area contributed by atoms with Crippen LogP contribution in [0.1, 0.15) is 19.4 Å². The van der Waals surface area contributed by atoms with Gasteiger partial charge in [-0.1, -0.05) is 25.5 Å². The van der Waals surface area contributed by atoms with Crippen LogP contribution in [0, 0.1) is 6.92 Å². The molecule has 3 heteroatoms. The normalized spacial score (nSPS) is 9.27. The smallest absolute Gasteiger partial charge is 0.124 e. The van der Waals surface area contributed by atoms with Gasteiger partial charge in [-0.25, -0.2) is 0 Å². The molecule has 0 saturated heterocycles. The van der Waals surface area contributed by atoms with E-state index in [4.69, 9.17) is 0 Å². The zero-order valence-electron chi connectivity index (χ0n) is 9.19. The van der Waals surface area contributed by atoms with Crippen molar-refractivity contribution in [3.63, 3.8) is 0 Å². The third-order valence-electron chi connectivity index (χ3n) is 1.85. The Morgan fingerprint density at radius 2 is 2.00 bits per heavy atom. The number of nitrogens with zero attached hydrogens (tertiary/aromatic N) is 1. The van der Waals surface area contributed by atoms with Gasteiger partial charge in [-0.3, -0.25) is 4.98 Å². The van der Waals surface area contributed by atoms with Crippen molar-refractivity contribution in [2.75, 3.05) is 0 Å². The molecule has 0 spiro atoms. The first-order valence-electron chi connectivity index (χ1n) is 4.96. The van der Waals surface area contributed by atoms with Crippen LogP contribution in [0.4, 0.5) is 0 Å². The second-order valence-electron chi connectivity index (χ2n) is 2.89. The zero-order valence-corrected chi connectivity index (χ0v) is 10.0. The van der Waals surface area contributed by atoms with Crippen molar-refractivity contribution in [3.8, 4) is 16.2 Å². The maximum absolute atomic E-state index is 9.59. The van der Waals surface area contributed by atoms with Crippen LogP contribution in [-0.2, 0) is 0 Å². The summed E-state index contributed by atoms with van der Waals surface area (Å²) in [6.07, 6.45) is 1.76. The van der Waals surface area contributed by atoms with E-state index in [9.17, 15) is 5.11 Å². The molecule has 0 bridgehead atoms. The number of hydrogen-bond donors (Lipinski definition) is 1. The number of aryl methyl sites for hydroxylation is 1. The van der Waals surface area contributed by atoms with E-state index in [-0.39, 0.29) is 0 Å². The second kappa shape index (κ2) is 5.51. The molecule has 1 heterocycles. The highest BCUT2D eigenvalue weighted by Gasteiger charge is 2.04. The lowest BCUT2D eigenvalue weighted by atomic mass is 10.1. The summed E-state index contributed by atoms with van der Waals surface area (Å²) >= 11 is 1.53. The molecular weight excluding hydrogens is 206 g/mol. The molecule has 0 fully saturated rings. The maximum Gasteiger partial charge on any atom is 0.124 e. The van der Waals surface area contributed by atoms with Crippen molar-refractivity contribution >= 4 is 11.3 Å². The van der Waals surface area contributed by atoms with Crippen LogP contribution >= 0.6 is 11.3 Å². The first kappa shape index (κ1) is 11.7. The minimum Gasteiger partial charge on any atom is -0.507 e. The average molecular weight is 221 g/mol. The standard InChI is InChI=1S/C10H9NOS.C2H6/c1-7-2-3-9(12)8(4-7)10-5-11-6-13-10;1-2/h2-6,12H,1H3;1-2H3. The summed E-state index contributed by atoms with van der Waals surface area (Å²) in [4.78, 5) is 4.98. The summed E-state index contributed by atoms with van der Waals surface area (Å²) in [7, 11) is 0. The Morgan fingerprint density at radius 3 is 2.60 bits per heavy atom. The molecule has 0 saturated carbocycles. The molecule has 0 aliphatic heterocycles. The summed E-state index contributed by atoms with van der Waals surface area (Å²) in [6, 6.07) is 5.56. The van der Waals surface area contributed by atoms with Gasteiger partial charge in [-0.2, -0.15) is 0 Å². The van der Waals surface area contributed by atoms with E-state index in [2.05, 4.69) is 4.98 Å². The van der Waals surface area contributed by atoms with Crippen LogP contribution < -0.4 is 0 Å². The van der Waals surface area contributed by atoms with E-state index < -0.39 is 0 Å². The van der Waals surface area contributed by atoms with Gasteiger partial charge >= 0.3 is 0 Å². The monoisotopic (exact) mass is 221 g/mol. The topological polar surface area (TPSA) is 33.1 Å². The van der Waals surface area contributed by atoms with Crippen molar-refractivity contribution in [3.05, 3.63) is 35.5 Å². The third kappa shape index (κ3) is 2.80. The molecule has 0 aliphatic carbocycles. The van der Waals surface area contributed by atoms with Crippen LogP contribution in [0.5, 0.6) is 5.75 Å². The molecule has 0 amide bonds. The highest BCUT2D eigenvalue weighted by Crippen LogP contribution is 2.31. The highest BCUT2D eigenvalue weighted by atomic mass is 32.1. The summed E-state index contributed by atoms with van der Waals surface area (Å²) < 4.78 is 0. The molecule has 0 radical (unpaired) electrons. The highest BCUT2D eigenvalue weighted by molar-refractivity contribution is 7.13. The van der Waals surface area contributed by atoms with Crippen molar-refractivity contribution in [1.29, 1.82) is 0 Å². The number of phenols is 1. The zero-order chi connectivity index (χ0) is 11.3. The minimum atomic E-state index is 0.315. The van der Waals surface area contributed by atoms with Crippen LogP contribution in [0.15, 0.2) is 29.9 Å². The fourth-order valence-electron chi connectivity index (χ4n) is 1.20. The summed E-state index contributed by atoms with van der Waals surface area (Å²) in [5.41, 5.74) is 3.76. The van der Waals surface area contributed by atoms with Gasteiger partial charge in [0.25, 0.3) is 0 Å². The number of hydrogen-bond acceptors (Lipinski definition) is 3. The van der Waals surface area contributed by atoms with E-state index in [0.29, 0.717) is 5.75 Å². The minimum absolute atomic E-state index is 0.315. The maximum atomic E-state index is 9.59. The van der Waals surface area contributed by atoms with Gasteiger partial charge in [-0.15, -0.1) is 11.3 Å². The van der Waals surface area contributed by atoms with Crippen LogP contribution in [0.25, 0.3) is 10.4 Å². The molecule has 2 aromatic rings. The Kier molecular flexibility index (Phi) is 4.31. The number of thiazole rings is 1. The van der Waals surface area contributed by atoms with E-state index in [1.165, 1.54) is 11.3 Å². The summed E-state index contributed by atoms with van der Waals surface area (Å²) in [5.74, 6) is 0.315. The van der Waals surface area contributed by atoms with Gasteiger partial charge in [0, 0.05) is 11.8 Å². The Hall–Kier alpha value is -1.35. The molecule has 0 atom stereocenters. The first-order chi connectivity index (χ1) is 7.27. The summed E-state index contributed by atoms with van der Waals surface area (Å²) in [6.45, 7) is 6.00. The van der Waals surface area contributed by atoms with Crippen LogP contribution in [0.2, 0.25) is 0 Å². The van der Waals surface area contributed by atoms with Gasteiger partial charge in [-0.05, 0) is 19.1 Å². The van der Waals surface area contributed by atoms with Crippen molar-refractivity contribution < 1.29 is 5.11 Å². The molecule has 15 heavy (non-hydrogen) atoms. The fourth-order valence-corrected chi connectivity index (χ4v) is 1.84. The molecule has 1 N–H and O–H groups in total. The quantitative estimate of drug-likeness (QED) is 0.793. The molecule has 80 valence electrons. The molecule has 0 unspecified atom stereocenters. The number of phenolic OH excluding ortho intramolecular Hbond substituents is 1. The molecule has 0 aliphatic rings. The molecule has 2 rings (SSSR count). The third-order valence-corrected chi connectivity index (χ3v) is 2.66. The number of benzene rings is 1. The lowest BCUT2D eigenvalue weighted by Gasteiger charge is -2.01. The van der Waals surface area contributed by atoms with Crippen LogP contribution in [0.3, 0.4) is 0 Å². The molecule has 2 nitrogen and oxygen atoms in total. The Labute approximate surface area is 94.2 Å². The molecule has 1 aromatic carbocycles. The fraction of sp³-hybridized carbons (Fsp3) is 0.250. The van der Waals surface area contributed by atoms with Gasteiger partial charge in [0.2, 0.25) is 0 Å². The van der Waals surface area contributed by atoms with Crippen molar-refractivity contribution in [2.24, 2.45) is 0 Å². The lowest BCUT2D eigenvalue weighted by molar-refractivity contribution is 0.477. The lowest BCUT2D eigenvalue weighted by Crippen LogP contribution is -1.77. The number of rotatable bonds is 1. The Bertz CT molecular complexity index is 410. The first-order valence-corrected chi connectivity index (χ1v) is 5.84.